The lowest BCUT2D eigenvalue weighted by Crippen LogP contribution is -2.34. The summed E-state index contributed by atoms with van der Waals surface area (Å²) < 4.78 is 1.36. The van der Waals surface area contributed by atoms with E-state index in [9.17, 15) is 4.79 Å². The first-order valence-corrected chi connectivity index (χ1v) is 5.98. The summed E-state index contributed by atoms with van der Waals surface area (Å²) in [6.07, 6.45) is 0. The predicted molar refractivity (Wildman–Crippen MR) is 71.4 cm³/mol. The zero-order chi connectivity index (χ0) is 13.5. The lowest BCUT2D eigenvalue weighted by atomic mass is 10.1. The number of aromatic nitrogens is 3. The number of nitrogens with one attached hydrogen (secondary N) is 1. The van der Waals surface area contributed by atoms with E-state index in [4.69, 9.17) is 28.9 Å². The number of nitrogens with zero attached hydrogens (tertiary/aromatic N) is 2. The number of hydrogen-bond donors (Lipinski definition) is 2. The van der Waals surface area contributed by atoms with Crippen molar-refractivity contribution >= 4 is 23.2 Å². The molecular formula is C11H12Cl2N4O. The van der Waals surface area contributed by atoms with Gasteiger partial charge in [-0.15, -0.1) is 0 Å². The minimum Gasteiger partial charge on any atom is -0.319 e. The Morgan fingerprint density at radius 2 is 1.83 bits per heavy atom. The average molecular weight is 287 g/mol. The molecule has 5 nitrogen and oxygen atoms in total. The smallest absolute Gasteiger partial charge is 0.319 e. The predicted octanol–water partition coefficient (Wildman–Crippen LogP) is 2.06. The number of rotatable bonds is 2. The molecule has 0 saturated heterocycles. The van der Waals surface area contributed by atoms with Crippen LogP contribution in [0.15, 0.2) is 23.0 Å². The molecule has 0 saturated carbocycles. The Hall–Kier alpha value is -1.30. The van der Waals surface area contributed by atoms with Gasteiger partial charge in [-0.2, -0.15) is 5.10 Å². The first kappa shape index (κ1) is 13.1. The van der Waals surface area contributed by atoms with E-state index in [0.717, 1.165) is 0 Å². The minimum absolute atomic E-state index is 0.387. The molecule has 96 valence electrons. The third-order valence-corrected chi connectivity index (χ3v) is 2.79. The summed E-state index contributed by atoms with van der Waals surface area (Å²) in [5, 5.41) is 7.18. The maximum Gasteiger partial charge on any atom is 0.347 e. The van der Waals surface area contributed by atoms with E-state index in [-0.39, 0.29) is 5.69 Å². The lowest BCUT2D eigenvalue weighted by molar-refractivity contribution is 0.502. The molecule has 0 aliphatic heterocycles. The number of H-pyrrole nitrogens is 1. The highest BCUT2D eigenvalue weighted by Gasteiger charge is 2.24. The molecule has 2 rings (SSSR count). The fourth-order valence-electron chi connectivity index (χ4n) is 1.64. The van der Waals surface area contributed by atoms with Gasteiger partial charge in [-0.1, -0.05) is 23.2 Å². The summed E-state index contributed by atoms with van der Waals surface area (Å²) in [5.74, 6) is 0.408. The van der Waals surface area contributed by atoms with E-state index < -0.39 is 5.54 Å². The van der Waals surface area contributed by atoms with Crippen LogP contribution in [0.5, 0.6) is 0 Å². The van der Waals surface area contributed by atoms with Crippen LogP contribution in [0.1, 0.15) is 19.7 Å². The van der Waals surface area contributed by atoms with Crippen molar-refractivity contribution in [2.75, 3.05) is 0 Å². The first-order chi connectivity index (χ1) is 8.29. The molecule has 1 aromatic carbocycles. The SMILES string of the molecule is CC(C)(N)c1n[nH]c(=O)n1-c1cc(Cl)cc(Cl)c1. The van der Waals surface area contributed by atoms with Gasteiger partial charge in [-0.05, 0) is 32.0 Å². The summed E-state index contributed by atoms with van der Waals surface area (Å²) in [6.45, 7) is 3.51. The van der Waals surface area contributed by atoms with Crippen LogP contribution in [0.3, 0.4) is 0 Å². The van der Waals surface area contributed by atoms with Gasteiger partial charge in [-0.25, -0.2) is 14.5 Å². The molecule has 1 aromatic heterocycles. The number of aromatic amines is 1. The lowest BCUT2D eigenvalue weighted by Gasteiger charge is -2.18. The Labute approximate surface area is 114 Å². The van der Waals surface area contributed by atoms with E-state index in [2.05, 4.69) is 10.2 Å². The normalized spacial score (nSPS) is 11.8. The van der Waals surface area contributed by atoms with Gasteiger partial charge < -0.3 is 5.73 Å². The van der Waals surface area contributed by atoms with Gasteiger partial charge in [0.05, 0.1) is 11.2 Å². The molecule has 0 atom stereocenters. The summed E-state index contributed by atoms with van der Waals surface area (Å²) in [4.78, 5) is 11.8. The van der Waals surface area contributed by atoms with Crippen molar-refractivity contribution in [3.8, 4) is 5.69 Å². The largest absolute Gasteiger partial charge is 0.347 e. The molecule has 0 amide bonds. The molecule has 3 N–H and O–H groups in total. The van der Waals surface area contributed by atoms with E-state index >= 15 is 0 Å². The Balaban J connectivity index is 2.71. The van der Waals surface area contributed by atoms with E-state index in [1.54, 1.807) is 32.0 Å². The molecule has 0 fully saturated rings. The van der Waals surface area contributed by atoms with Crippen LogP contribution >= 0.6 is 23.2 Å². The van der Waals surface area contributed by atoms with E-state index in [1.165, 1.54) is 4.57 Å². The third-order valence-electron chi connectivity index (χ3n) is 2.35. The van der Waals surface area contributed by atoms with Crippen LogP contribution in [-0.2, 0) is 5.54 Å². The average Bonchev–Trinajstić information content (AvgIpc) is 2.57. The summed E-state index contributed by atoms with van der Waals surface area (Å²) in [6, 6.07) is 4.84. The maximum absolute atomic E-state index is 11.8. The van der Waals surface area contributed by atoms with E-state index in [1.807, 2.05) is 0 Å². The highest BCUT2D eigenvalue weighted by Crippen LogP contribution is 2.23. The topological polar surface area (TPSA) is 76.7 Å². The minimum atomic E-state index is -0.770. The number of benzene rings is 1. The molecular weight excluding hydrogens is 275 g/mol. The van der Waals surface area contributed by atoms with Gasteiger partial charge >= 0.3 is 5.69 Å². The van der Waals surface area contributed by atoms with Crippen molar-refractivity contribution in [3.63, 3.8) is 0 Å². The second-order valence-corrected chi connectivity index (χ2v) is 5.41. The van der Waals surface area contributed by atoms with Gasteiger partial charge in [-0.3, -0.25) is 0 Å². The van der Waals surface area contributed by atoms with Crippen molar-refractivity contribution < 1.29 is 0 Å². The zero-order valence-corrected chi connectivity index (χ0v) is 11.4. The molecule has 1 heterocycles. The van der Waals surface area contributed by atoms with Crippen LogP contribution in [0, 0.1) is 0 Å². The summed E-state index contributed by atoms with van der Waals surface area (Å²) >= 11 is 11.8. The zero-order valence-electron chi connectivity index (χ0n) is 9.87. The molecule has 18 heavy (non-hydrogen) atoms. The van der Waals surface area contributed by atoms with Gasteiger partial charge in [0.1, 0.15) is 0 Å². The Morgan fingerprint density at radius 3 is 2.33 bits per heavy atom. The number of halogens is 2. The second-order valence-electron chi connectivity index (χ2n) is 4.54. The highest BCUT2D eigenvalue weighted by atomic mass is 35.5. The molecule has 0 bridgehead atoms. The fourth-order valence-corrected chi connectivity index (χ4v) is 2.15. The van der Waals surface area contributed by atoms with Crippen LogP contribution in [0.2, 0.25) is 10.0 Å². The van der Waals surface area contributed by atoms with Gasteiger partial charge in [0.2, 0.25) is 0 Å². The number of nitrogens with two attached hydrogens (primary N) is 1. The van der Waals surface area contributed by atoms with Crippen LogP contribution in [0.25, 0.3) is 5.69 Å². The van der Waals surface area contributed by atoms with Crippen molar-refractivity contribution in [3.05, 3.63) is 44.6 Å². The third kappa shape index (κ3) is 2.43. The molecule has 2 aromatic rings. The summed E-state index contributed by atoms with van der Waals surface area (Å²) in [7, 11) is 0. The van der Waals surface area contributed by atoms with Gasteiger partial charge in [0, 0.05) is 10.0 Å². The standard InChI is InChI=1S/C11H12Cl2N4O/c1-11(2,14)9-15-16-10(18)17(9)8-4-6(12)3-7(13)5-8/h3-5H,14H2,1-2H3,(H,16,18). The van der Waals surface area contributed by atoms with Crippen molar-refractivity contribution in [2.24, 2.45) is 5.73 Å². The van der Waals surface area contributed by atoms with Crippen molar-refractivity contribution in [2.45, 2.75) is 19.4 Å². The Bertz CT molecular complexity index is 619. The molecule has 0 radical (unpaired) electrons. The van der Waals surface area contributed by atoms with Crippen LogP contribution in [0.4, 0.5) is 0 Å². The fraction of sp³-hybridized carbons (Fsp3) is 0.273. The van der Waals surface area contributed by atoms with Crippen LogP contribution < -0.4 is 11.4 Å². The van der Waals surface area contributed by atoms with E-state index in [0.29, 0.717) is 21.6 Å². The summed E-state index contributed by atoms with van der Waals surface area (Å²) in [5.41, 5.74) is 5.35. The second kappa shape index (κ2) is 4.42. The quantitative estimate of drug-likeness (QED) is 0.887. The molecule has 0 aliphatic rings. The van der Waals surface area contributed by atoms with Gasteiger partial charge in [0.15, 0.2) is 5.82 Å². The van der Waals surface area contributed by atoms with Gasteiger partial charge in [0.25, 0.3) is 0 Å². The van der Waals surface area contributed by atoms with Crippen molar-refractivity contribution in [1.82, 2.24) is 14.8 Å². The maximum atomic E-state index is 11.8. The van der Waals surface area contributed by atoms with Crippen LogP contribution in [-0.4, -0.2) is 14.8 Å². The molecule has 0 unspecified atom stereocenters. The highest BCUT2D eigenvalue weighted by molar-refractivity contribution is 6.34. The Kier molecular flexibility index (Phi) is 3.23. The number of hydrogen-bond acceptors (Lipinski definition) is 3. The van der Waals surface area contributed by atoms with Crippen molar-refractivity contribution in [1.29, 1.82) is 0 Å². The Morgan fingerprint density at radius 1 is 1.28 bits per heavy atom. The molecule has 0 aliphatic carbocycles. The molecule has 7 heteroatoms. The monoisotopic (exact) mass is 286 g/mol. The molecule has 0 spiro atoms. The first-order valence-electron chi connectivity index (χ1n) is 5.22.